The predicted molar refractivity (Wildman–Crippen MR) is 91.8 cm³/mol. The van der Waals surface area contributed by atoms with Gasteiger partial charge < -0.3 is 14.8 Å². The molecule has 2 rings (SSSR count). The van der Waals surface area contributed by atoms with Gasteiger partial charge in [-0.1, -0.05) is 23.2 Å². The lowest BCUT2D eigenvalue weighted by Gasteiger charge is -2.16. The summed E-state index contributed by atoms with van der Waals surface area (Å²) in [5.41, 5.74) is 0.521. The number of ether oxygens (including phenoxy) is 2. The molecule has 0 atom stereocenters. The highest BCUT2D eigenvalue weighted by Crippen LogP contribution is 2.42. The van der Waals surface area contributed by atoms with Crippen LogP contribution in [0.3, 0.4) is 0 Å². The first kappa shape index (κ1) is 19.0. The number of hydrogen-bond donors (Lipinski definition) is 1. The molecule has 1 heterocycles. The molecule has 1 amide bonds. The summed E-state index contributed by atoms with van der Waals surface area (Å²) < 4.78 is 23.3. The maximum atomic E-state index is 13.8. The number of pyridine rings is 1. The Morgan fingerprint density at radius 3 is 2.40 bits per heavy atom. The van der Waals surface area contributed by atoms with Gasteiger partial charge in [0.1, 0.15) is 0 Å². The molecule has 0 radical (unpaired) electrons. The summed E-state index contributed by atoms with van der Waals surface area (Å²) in [5, 5.41) is 2.37. The first-order valence-corrected chi connectivity index (χ1v) is 7.64. The maximum Gasteiger partial charge on any atom is 0.358 e. The number of carbonyl (C=O) groups excluding carboxylic acids is 2. The fourth-order valence-electron chi connectivity index (χ4n) is 2.16. The van der Waals surface area contributed by atoms with E-state index in [0.29, 0.717) is 5.56 Å². The summed E-state index contributed by atoms with van der Waals surface area (Å²) in [7, 11) is 2.45. The van der Waals surface area contributed by atoms with Crippen molar-refractivity contribution in [3.05, 3.63) is 39.9 Å². The van der Waals surface area contributed by atoms with Crippen LogP contribution >= 0.6 is 23.2 Å². The summed E-state index contributed by atoms with van der Waals surface area (Å²) in [5.74, 6) is -2.02. The lowest BCUT2D eigenvalue weighted by Crippen LogP contribution is -2.12. The summed E-state index contributed by atoms with van der Waals surface area (Å²) in [6.45, 7) is 1.27. The maximum absolute atomic E-state index is 13.8. The van der Waals surface area contributed by atoms with Crippen LogP contribution in [0.4, 0.5) is 10.1 Å². The van der Waals surface area contributed by atoms with Gasteiger partial charge in [0.2, 0.25) is 5.91 Å². The van der Waals surface area contributed by atoms with Gasteiger partial charge in [-0.15, -0.1) is 0 Å². The van der Waals surface area contributed by atoms with Crippen molar-refractivity contribution < 1.29 is 23.5 Å². The zero-order valence-electron chi connectivity index (χ0n) is 13.4. The number of anilines is 1. The molecule has 9 heteroatoms. The molecule has 25 heavy (non-hydrogen) atoms. The molecule has 0 aliphatic heterocycles. The molecule has 0 aliphatic rings. The van der Waals surface area contributed by atoms with Gasteiger partial charge in [-0.25, -0.2) is 14.2 Å². The van der Waals surface area contributed by atoms with Crippen LogP contribution in [-0.2, 0) is 9.53 Å². The second-order valence-corrected chi connectivity index (χ2v) is 5.58. The van der Waals surface area contributed by atoms with E-state index >= 15 is 0 Å². The van der Waals surface area contributed by atoms with E-state index in [1.54, 1.807) is 0 Å². The van der Waals surface area contributed by atoms with E-state index in [1.807, 2.05) is 0 Å². The van der Waals surface area contributed by atoms with Crippen LogP contribution in [0.15, 0.2) is 18.3 Å². The Hall–Kier alpha value is -2.38. The third-order valence-electron chi connectivity index (χ3n) is 3.24. The van der Waals surface area contributed by atoms with Crippen molar-refractivity contribution in [3.63, 3.8) is 0 Å². The van der Waals surface area contributed by atoms with E-state index in [2.05, 4.69) is 15.0 Å². The minimum Gasteiger partial charge on any atom is -0.492 e. The Balaban J connectivity index is 2.76. The highest BCUT2D eigenvalue weighted by atomic mass is 35.5. The van der Waals surface area contributed by atoms with Crippen LogP contribution in [0, 0.1) is 5.82 Å². The average Bonchev–Trinajstić information content (AvgIpc) is 2.56. The first-order valence-electron chi connectivity index (χ1n) is 6.88. The van der Waals surface area contributed by atoms with Gasteiger partial charge in [0.25, 0.3) is 0 Å². The lowest BCUT2D eigenvalue weighted by atomic mass is 10.0. The van der Waals surface area contributed by atoms with Crippen LogP contribution in [0.5, 0.6) is 5.75 Å². The molecule has 0 unspecified atom stereocenters. The van der Waals surface area contributed by atoms with Crippen molar-refractivity contribution in [1.29, 1.82) is 0 Å². The predicted octanol–water partition coefficient (Wildman–Crippen LogP) is 3.95. The second kappa shape index (κ2) is 7.67. The standard InChI is InChI=1S/C16H13Cl2FN2O4/c1-7(22)21-13-9(6-20-14(12(13)18)16(23)25-3)8-4-5-10(19)15(24-2)11(8)17/h4-6H,1-3H3,(H,20,21,22). The Kier molecular flexibility index (Phi) is 5.81. The minimum atomic E-state index is -0.772. The van der Waals surface area contributed by atoms with E-state index in [9.17, 15) is 14.0 Å². The fourth-order valence-corrected chi connectivity index (χ4v) is 2.76. The zero-order valence-corrected chi connectivity index (χ0v) is 15.0. The molecule has 0 saturated heterocycles. The third kappa shape index (κ3) is 3.67. The monoisotopic (exact) mass is 386 g/mol. The topological polar surface area (TPSA) is 77.5 Å². The molecule has 0 fully saturated rings. The largest absolute Gasteiger partial charge is 0.492 e. The molecule has 1 aromatic carbocycles. The third-order valence-corrected chi connectivity index (χ3v) is 3.99. The summed E-state index contributed by atoms with van der Waals surface area (Å²) >= 11 is 12.4. The number of esters is 1. The van der Waals surface area contributed by atoms with Crippen molar-refractivity contribution in [2.75, 3.05) is 19.5 Å². The van der Waals surface area contributed by atoms with Crippen LogP contribution in [0.1, 0.15) is 17.4 Å². The summed E-state index contributed by atoms with van der Waals surface area (Å²) in [6.07, 6.45) is 1.28. The van der Waals surface area contributed by atoms with E-state index in [0.717, 1.165) is 6.07 Å². The molecule has 6 nitrogen and oxygen atoms in total. The lowest BCUT2D eigenvalue weighted by molar-refractivity contribution is -0.114. The molecular formula is C16H13Cl2FN2O4. The molecule has 1 N–H and O–H groups in total. The smallest absolute Gasteiger partial charge is 0.358 e. The van der Waals surface area contributed by atoms with Crippen LogP contribution < -0.4 is 10.1 Å². The molecule has 0 spiro atoms. The molecule has 0 bridgehead atoms. The number of amides is 1. The average molecular weight is 387 g/mol. The molecular weight excluding hydrogens is 374 g/mol. The van der Waals surface area contributed by atoms with Crippen molar-refractivity contribution in [2.24, 2.45) is 0 Å². The summed E-state index contributed by atoms with van der Waals surface area (Å²) in [4.78, 5) is 27.3. The molecule has 0 aliphatic carbocycles. The number of aromatic nitrogens is 1. The Morgan fingerprint density at radius 2 is 1.84 bits per heavy atom. The Morgan fingerprint density at radius 1 is 1.16 bits per heavy atom. The minimum absolute atomic E-state index is 0.0298. The highest BCUT2D eigenvalue weighted by molar-refractivity contribution is 6.38. The first-order chi connectivity index (χ1) is 11.8. The van der Waals surface area contributed by atoms with Gasteiger partial charge in [0.15, 0.2) is 17.3 Å². The van der Waals surface area contributed by atoms with Crippen molar-refractivity contribution in [1.82, 2.24) is 4.98 Å². The van der Waals surface area contributed by atoms with Gasteiger partial charge in [-0.2, -0.15) is 0 Å². The normalized spacial score (nSPS) is 10.3. The van der Waals surface area contributed by atoms with Gasteiger partial charge in [0, 0.05) is 24.2 Å². The van der Waals surface area contributed by atoms with E-state index in [4.69, 9.17) is 27.9 Å². The van der Waals surface area contributed by atoms with Crippen molar-refractivity contribution in [3.8, 4) is 16.9 Å². The van der Waals surface area contributed by atoms with E-state index in [1.165, 1.54) is 33.4 Å². The number of rotatable bonds is 4. The van der Waals surface area contributed by atoms with Crippen LogP contribution in [-0.4, -0.2) is 31.1 Å². The zero-order chi connectivity index (χ0) is 18.7. The number of nitrogens with one attached hydrogen (secondary N) is 1. The molecule has 2 aromatic rings. The van der Waals surface area contributed by atoms with Crippen LogP contribution in [0.2, 0.25) is 10.0 Å². The van der Waals surface area contributed by atoms with Gasteiger partial charge in [-0.05, 0) is 12.1 Å². The van der Waals surface area contributed by atoms with Gasteiger partial charge in [-0.3, -0.25) is 4.79 Å². The van der Waals surface area contributed by atoms with Crippen LogP contribution in [0.25, 0.3) is 11.1 Å². The number of halogens is 3. The SMILES string of the molecule is COC(=O)c1ncc(-c2ccc(F)c(OC)c2Cl)c(NC(C)=O)c1Cl. The van der Waals surface area contributed by atoms with E-state index in [-0.39, 0.29) is 32.7 Å². The molecule has 1 aromatic heterocycles. The highest BCUT2D eigenvalue weighted by Gasteiger charge is 2.23. The number of benzene rings is 1. The van der Waals surface area contributed by atoms with E-state index < -0.39 is 17.7 Å². The van der Waals surface area contributed by atoms with Crippen molar-refractivity contribution >= 4 is 40.8 Å². The van der Waals surface area contributed by atoms with Gasteiger partial charge in [0.05, 0.1) is 30.0 Å². The summed E-state index contributed by atoms with van der Waals surface area (Å²) in [6, 6.07) is 2.54. The Labute approximate surface area is 152 Å². The quantitative estimate of drug-likeness (QED) is 0.804. The number of nitrogens with zero attached hydrogens (tertiary/aromatic N) is 1. The number of methoxy groups -OCH3 is 2. The Bertz CT molecular complexity index is 859. The number of carbonyl (C=O) groups is 2. The molecule has 0 saturated carbocycles. The number of hydrogen-bond acceptors (Lipinski definition) is 5. The van der Waals surface area contributed by atoms with Gasteiger partial charge >= 0.3 is 5.97 Å². The molecule has 132 valence electrons. The fraction of sp³-hybridized carbons (Fsp3) is 0.188. The second-order valence-electron chi connectivity index (χ2n) is 4.82. The van der Waals surface area contributed by atoms with Crippen molar-refractivity contribution in [2.45, 2.75) is 6.92 Å².